The predicted molar refractivity (Wildman–Crippen MR) is 38.7 cm³/mol. The van der Waals surface area contributed by atoms with Gasteiger partial charge in [-0.1, -0.05) is 6.58 Å². The molecular formula is C7H14O3. The van der Waals surface area contributed by atoms with Crippen molar-refractivity contribution in [3.05, 3.63) is 12.2 Å². The first-order valence-corrected chi connectivity index (χ1v) is 3.15. The summed E-state index contributed by atoms with van der Waals surface area (Å²) in [6, 6.07) is 0. The van der Waals surface area contributed by atoms with Gasteiger partial charge in [-0.25, -0.2) is 0 Å². The minimum absolute atomic E-state index is 0.0380. The maximum atomic E-state index is 8.50. The van der Waals surface area contributed by atoms with Gasteiger partial charge in [0.05, 0.1) is 13.2 Å². The zero-order valence-electron chi connectivity index (χ0n) is 6.30. The van der Waals surface area contributed by atoms with Crippen LogP contribution in [0.1, 0.15) is 6.42 Å². The average Bonchev–Trinajstić information content (AvgIpc) is 1.98. The Kier molecular flexibility index (Phi) is 6.48. The van der Waals surface area contributed by atoms with Crippen LogP contribution < -0.4 is 0 Å². The number of ether oxygens (including phenoxy) is 2. The highest BCUT2D eigenvalue weighted by molar-refractivity contribution is 4.92. The van der Waals surface area contributed by atoms with Crippen molar-refractivity contribution in [2.45, 2.75) is 6.42 Å². The number of rotatable bonds is 6. The zero-order valence-corrected chi connectivity index (χ0v) is 6.30. The summed E-state index contributed by atoms with van der Waals surface area (Å²) in [6.45, 7) is 4.51. The predicted octanol–water partition coefficient (Wildman–Crippen LogP) is 0.545. The fourth-order valence-electron chi connectivity index (χ4n) is 0.438. The lowest BCUT2D eigenvalue weighted by molar-refractivity contribution is -0.0295. The molecular weight excluding hydrogens is 132 g/mol. The first kappa shape index (κ1) is 9.62. The Hall–Kier alpha value is -0.380. The van der Waals surface area contributed by atoms with Crippen LogP contribution in [0.4, 0.5) is 0 Å². The standard InChI is InChI=1S/C7H14O3/c1-7(5-8)3-4-10-6-9-2/h8H,1,3-6H2,2H3. The normalized spacial score (nSPS) is 9.80. The lowest BCUT2D eigenvalue weighted by atomic mass is 10.2. The van der Waals surface area contributed by atoms with Crippen LogP contribution in [-0.2, 0) is 9.47 Å². The Labute approximate surface area is 61.3 Å². The van der Waals surface area contributed by atoms with Crippen molar-refractivity contribution in [1.29, 1.82) is 0 Å². The van der Waals surface area contributed by atoms with E-state index in [-0.39, 0.29) is 6.61 Å². The molecule has 10 heavy (non-hydrogen) atoms. The number of hydrogen-bond acceptors (Lipinski definition) is 3. The highest BCUT2D eigenvalue weighted by Gasteiger charge is 1.90. The molecule has 0 unspecified atom stereocenters. The van der Waals surface area contributed by atoms with Gasteiger partial charge in [0.15, 0.2) is 0 Å². The number of aliphatic hydroxyl groups excluding tert-OH is 1. The average molecular weight is 146 g/mol. The summed E-state index contributed by atoms with van der Waals surface area (Å²) in [4.78, 5) is 0. The van der Waals surface area contributed by atoms with E-state index in [1.54, 1.807) is 7.11 Å². The van der Waals surface area contributed by atoms with Crippen LogP contribution in [0.2, 0.25) is 0 Å². The molecule has 3 heteroatoms. The summed E-state index contributed by atoms with van der Waals surface area (Å²) in [5, 5.41) is 8.50. The first-order valence-electron chi connectivity index (χ1n) is 3.15. The van der Waals surface area contributed by atoms with Crippen molar-refractivity contribution >= 4 is 0 Å². The van der Waals surface area contributed by atoms with Crippen LogP contribution in [0.5, 0.6) is 0 Å². The third-order valence-electron chi connectivity index (χ3n) is 1.02. The monoisotopic (exact) mass is 146 g/mol. The summed E-state index contributed by atoms with van der Waals surface area (Å²) in [5.41, 5.74) is 0.788. The molecule has 0 amide bonds. The molecule has 0 radical (unpaired) electrons. The maximum Gasteiger partial charge on any atom is 0.146 e. The first-order chi connectivity index (χ1) is 4.81. The molecule has 3 nitrogen and oxygen atoms in total. The molecule has 0 aliphatic carbocycles. The molecule has 0 aliphatic rings. The fraction of sp³-hybridized carbons (Fsp3) is 0.714. The van der Waals surface area contributed by atoms with E-state index in [1.807, 2.05) is 0 Å². The van der Waals surface area contributed by atoms with Gasteiger partial charge in [0.25, 0.3) is 0 Å². The van der Waals surface area contributed by atoms with Gasteiger partial charge in [0.1, 0.15) is 6.79 Å². The Morgan fingerprint density at radius 2 is 2.30 bits per heavy atom. The molecule has 0 atom stereocenters. The van der Waals surface area contributed by atoms with Crippen LogP contribution in [0, 0.1) is 0 Å². The van der Waals surface area contributed by atoms with Crippen LogP contribution in [0.15, 0.2) is 12.2 Å². The molecule has 0 spiro atoms. The third-order valence-corrected chi connectivity index (χ3v) is 1.02. The van der Waals surface area contributed by atoms with Crippen molar-refractivity contribution < 1.29 is 14.6 Å². The van der Waals surface area contributed by atoms with E-state index in [4.69, 9.17) is 9.84 Å². The summed E-state index contributed by atoms with van der Waals surface area (Å²) >= 11 is 0. The lowest BCUT2D eigenvalue weighted by Gasteiger charge is -2.02. The highest BCUT2D eigenvalue weighted by atomic mass is 16.7. The largest absolute Gasteiger partial charge is 0.392 e. The maximum absolute atomic E-state index is 8.50. The van der Waals surface area contributed by atoms with Crippen LogP contribution in [0.3, 0.4) is 0 Å². The van der Waals surface area contributed by atoms with Gasteiger partial charge in [-0.15, -0.1) is 0 Å². The topological polar surface area (TPSA) is 38.7 Å². The molecule has 0 bridgehead atoms. The minimum Gasteiger partial charge on any atom is -0.392 e. The number of hydrogen-bond donors (Lipinski definition) is 1. The second-order valence-electron chi connectivity index (χ2n) is 1.97. The van der Waals surface area contributed by atoms with E-state index in [0.29, 0.717) is 19.8 Å². The van der Waals surface area contributed by atoms with Gasteiger partial charge in [0, 0.05) is 7.11 Å². The summed E-state index contributed by atoms with van der Waals surface area (Å²) in [6.07, 6.45) is 0.694. The zero-order chi connectivity index (χ0) is 7.82. The molecule has 0 aromatic heterocycles. The molecule has 0 rings (SSSR count). The van der Waals surface area contributed by atoms with Gasteiger partial charge >= 0.3 is 0 Å². The van der Waals surface area contributed by atoms with Crippen LogP contribution in [-0.4, -0.2) is 32.2 Å². The van der Waals surface area contributed by atoms with Crippen molar-refractivity contribution in [1.82, 2.24) is 0 Å². The van der Waals surface area contributed by atoms with E-state index in [2.05, 4.69) is 11.3 Å². The van der Waals surface area contributed by atoms with Gasteiger partial charge < -0.3 is 14.6 Å². The second-order valence-corrected chi connectivity index (χ2v) is 1.97. The van der Waals surface area contributed by atoms with E-state index < -0.39 is 0 Å². The lowest BCUT2D eigenvalue weighted by Crippen LogP contribution is -2.00. The van der Waals surface area contributed by atoms with Crippen molar-refractivity contribution in [2.75, 3.05) is 27.1 Å². The summed E-state index contributed by atoms with van der Waals surface area (Å²) in [5.74, 6) is 0. The Morgan fingerprint density at radius 3 is 2.80 bits per heavy atom. The van der Waals surface area contributed by atoms with E-state index in [9.17, 15) is 0 Å². The molecule has 0 aromatic rings. The Bertz CT molecular complexity index is 90.9. The van der Waals surface area contributed by atoms with Crippen LogP contribution >= 0.6 is 0 Å². The molecule has 1 N–H and O–H groups in total. The molecule has 0 aromatic carbocycles. The quantitative estimate of drug-likeness (QED) is 0.338. The number of methoxy groups -OCH3 is 1. The fourth-order valence-corrected chi connectivity index (χ4v) is 0.438. The minimum atomic E-state index is 0.0380. The molecule has 0 fully saturated rings. The van der Waals surface area contributed by atoms with E-state index >= 15 is 0 Å². The molecule has 60 valence electrons. The molecule has 0 saturated heterocycles. The molecule has 0 heterocycles. The van der Waals surface area contributed by atoms with E-state index in [1.165, 1.54) is 0 Å². The van der Waals surface area contributed by atoms with Crippen molar-refractivity contribution in [3.8, 4) is 0 Å². The van der Waals surface area contributed by atoms with Gasteiger partial charge in [-0.05, 0) is 12.0 Å². The third kappa shape index (κ3) is 5.75. The van der Waals surface area contributed by atoms with Gasteiger partial charge in [-0.3, -0.25) is 0 Å². The highest BCUT2D eigenvalue weighted by Crippen LogP contribution is 1.95. The Balaban J connectivity index is 2.96. The molecule has 0 saturated carbocycles. The van der Waals surface area contributed by atoms with Gasteiger partial charge in [-0.2, -0.15) is 0 Å². The Morgan fingerprint density at radius 1 is 1.60 bits per heavy atom. The summed E-state index contributed by atoms with van der Waals surface area (Å²) < 4.78 is 9.60. The van der Waals surface area contributed by atoms with Gasteiger partial charge in [0.2, 0.25) is 0 Å². The SMILES string of the molecule is C=C(CO)CCOCOC. The molecule has 0 aliphatic heterocycles. The smallest absolute Gasteiger partial charge is 0.146 e. The van der Waals surface area contributed by atoms with Crippen molar-refractivity contribution in [3.63, 3.8) is 0 Å². The van der Waals surface area contributed by atoms with Crippen LogP contribution in [0.25, 0.3) is 0 Å². The van der Waals surface area contributed by atoms with Crippen molar-refractivity contribution in [2.24, 2.45) is 0 Å². The number of aliphatic hydroxyl groups is 1. The summed E-state index contributed by atoms with van der Waals surface area (Å²) in [7, 11) is 1.57. The second kappa shape index (κ2) is 6.74. The van der Waals surface area contributed by atoms with E-state index in [0.717, 1.165) is 5.57 Å².